The number of hydrogen-bond donors (Lipinski definition) is 1. The Morgan fingerprint density at radius 3 is 2.61 bits per heavy atom. The molecule has 1 heterocycles. The molecule has 1 saturated carbocycles. The first kappa shape index (κ1) is 15.8. The zero-order valence-corrected chi connectivity index (χ0v) is 13.6. The second-order valence-electron chi connectivity index (χ2n) is 5.72. The van der Waals surface area contributed by atoms with E-state index in [0.717, 1.165) is 12.8 Å². The van der Waals surface area contributed by atoms with Gasteiger partial charge in [-0.05, 0) is 49.2 Å². The van der Waals surface area contributed by atoms with Gasteiger partial charge in [-0.1, -0.05) is 30.9 Å². The van der Waals surface area contributed by atoms with Crippen molar-refractivity contribution in [3.05, 3.63) is 53.2 Å². The predicted molar refractivity (Wildman–Crippen MR) is 90.1 cm³/mol. The van der Waals surface area contributed by atoms with Crippen LogP contribution in [0.2, 0.25) is 5.02 Å². The Kier molecular flexibility index (Phi) is 5.13. The van der Waals surface area contributed by atoms with Crippen LogP contribution in [-0.4, -0.2) is 16.9 Å². The molecule has 3 rings (SSSR count). The summed E-state index contributed by atoms with van der Waals surface area (Å²) in [7, 11) is 0. The molecule has 1 aromatic heterocycles. The molecule has 4 nitrogen and oxygen atoms in total. The summed E-state index contributed by atoms with van der Waals surface area (Å²) < 4.78 is 5.74. The normalized spacial score (nSPS) is 15.2. The van der Waals surface area contributed by atoms with Crippen LogP contribution in [0.3, 0.4) is 0 Å². The fourth-order valence-corrected chi connectivity index (χ4v) is 2.90. The van der Waals surface area contributed by atoms with Crippen LogP contribution in [-0.2, 0) is 0 Å². The van der Waals surface area contributed by atoms with Crippen LogP contribution < -0.4 is 10.1 Å². The Hall–Kier alpha value is -2.07. The summed E-state index contributed by atoms with van der Waals surface area (Å²) in [4.78, 5) is 16.7. The minimum absolute atomic E-state index is 0.131. The van der Waals surface area contributed by atoms with Gasteiger partial charge in [0.25, 0.3) is 5.91 Å². The third-order valence-corrected chi connectivity index (χ3v) is 4.24. The maximum absolute atomic E-state index is 12.5. The second kappa shape index (κ2) is 7.47. The van der Waals surface area contributed by atoms with Gasteiger partial charge in [-0.2, -0.15) is 0 Å². The van der Waals surface area contributed by atoms with E-state index in [0.29, 0.717) is 22.2 Å². The molecule has 0 radical (unpaired) electrons. The van der Waals surface area contributed by atoms with Crippen molar-refractivity contribution in [2.45, 2.75) is 38.1 Å². The zero-order valence-electron chi connectivity index (χ0n) is 12.8. The van der Waals surface area contributed by atoms with Crippen LogP contribution in [0.25, 0.3) is 0 Å². The Morgan fingerprint density at radius 2 is 1.87 bits per heavy atom. The number of benzene rings is 1. The van der Waals surface area contributed by atoms with E-state index < -0.39 is 0 Å². The van der Waals surface area contributed by atoms with Crippen molar-refractivity contribution in [3.63, 3.8) is 0 Å². The molecular weight excluding hydrogens is 312 g/mol. The number of amides is 1. The highest BCUT2D eigenvalue weighted by Gasteiger charge is 2.20. The van der Waals surface area contributed by atoms with Gasteiger partial charge in [0, 0.05) is 17.3 Å². The number of carbonyl (C=O) groups is 1. The van der Waals surface area contributed by atoms with Gasteiger partial charge in [-0.15, -0.1) is 0 Å². The van der Waals surface area contributed by atoms with E-state index >= 15 is 0 Å². The maximum Gasteiger partial charge on any atom is 0.257 e. The molecule has 1 amide bonds. The minimum atomic E-state index is -0.131. The van der Waals surface area contributed by atoms with E-state index in [1.165, 1.54) is 19.3 Å². The first-order valence-electron chi connectivity index (χ1n) is 7.92. The van der Waals surface area contributed by atoms with E-state index in [-0.39, 0.29) is 11.9 Å². The molecule has 0 bridgehead atoms. The molecule has 5 heteroatoms. The van der Waals surface area contributed by atoms with Gasteiger partial charge in [0.05, 0.1) is 0 Å². The van der Waals surface area contributed by atoms with E-state index in [4.69, 9.17) is 16.3 Å². The van der Waals surface area contributed by atoms with Gasteiger partial charge in [0.1, 0.15) is 11.3 Å². The summed E-state index contributed by atoms with van der Waals surface area (Å²) in [5.74, 6) is 0.775. The maximum atomic E-state index is 12.5. The van der Waals surface area contributed by atoms with Gasteiger partial charge in [0.15, 0.2) is 0 Å². The van der Waals surface area contributed by atoms with Crippen molar-refractivity contribution in [1.29, 1.82) is 0 Å². The lowest BCUT2D eigenvalue weighted by Gasteiger charge is -2.23. The number of carbonyl (C=O) groups excluding carboxylic acids is 1. The molecule has 23 heavy (non-hydrogen) atoms. The van der Waals surface area contributed by atoms with Crippen molar-refractivity contribution in [3.8, 4) is 11.6 Å². The minimum Gasteiger partial charge on any atom is -0.438 e. The largest absolute Gasteiger partial charge is 0.438 e. The summed E-state index contributed by atoms with van der Waals surface area (Å²) in [6.07, 6.45) is 7.30. The molecule has 1 fully saturated rings. The van der Waals surface area contributed by atoms with Crippen LogP contribution in [0.15, 0.2) is 42.6 Å². The van der Waals surface area contributed by atoms with Gasteiger partial charge in [-0.3, -0.25) is 4.79 Å². The van der Waals surface area contributed by atoms with Gasteiger partial charge in [-0.25, -0.2) is 4.98 Å². The number of nitrogens with one attached hydrogen (secondary N) is 1. The van der Waals surface area contributed by atoms with Gasteiger partial charge in [0.2, 0.25) is 5.88 Å². The lowest BCUT2D eigenvalue weighted by molar-refractivity contribution is 0.0924. The average molecular weight is 331 g/mol. The molecule has 1 aliphatic rings. The van der Waals surface area contributed by atoms with Crippen LogP contribution in [0.4, 0.5) is 0 Å². The molecule has 0 spiro atoms. The topological polar surface area (TPSA) is 51.2 Å². The van der Waals surface area contributed by atoms with Gasteiger partial charge < -0.3 is 10.1 Å². The average Bonchev–Trinajstić information content (AvgIpc) is 2.58. The summed E-state index contributed by atoms with van der Waals surface area (Å²) >= 11 is 5.87. The smallest absolute Gasteiger partial charge is 0.257 e. The summed E-state index contributed by atoms with van der Waals surface area (Å²) in [6.45, 7) is 0. The number of pyridine rings is 1. The fourth-order valence-electron chi connectivity index (χ4n) is 2.77. The number of rotatable bonds is 4. The number of halogens is 1. The van der Waals surface area contributed by atoms with E-state index in [2.05, 4.69) is 10.3 Å². The van der Waals surface area contributed by atoms with Crippen molar-refractivity contribution in [1.82, 2.24) is 10.3 Å². The molecule has 2 aromatic rings. The Morgan fingerprint density at radius 1 is 1.13 bits per heavy atom. The van der Waals surface area contributed by atoms with Crippen LogP contribution in [0.5, 0.6) is 11.6 Å². The van der Waals surface area contributed by atoms with Crippen molar-refractivity contribution in [2.75, 3.05) is 0 Å². The molecule has 0 unspecified atom stereocenters. The molecule has 0 aliphatic heterocycles. The first-order valence-corrected chi connectivity index (χ1v) is 8.29. The van der Waals surface area contributed by atoms with Crippen LogP contribution in [0.1, 0.15) is 42.5 Å². The Balaban J connectivity index is 1.74. The number of ether oxygens (including phenoxy) is 1. The fraction of sp³-hybridized carbons (Fsp3) is 0.333. The quantitative estimate of drug-likeness (QED) is 0.892. The number of nitrogens with zero attached hydrogens (tertiary/aromatic N) is 1. The second-order valence-corrected chi connectivity index (χ2v) is 6.16. The highest BCUT2D eigenvalue weighted by molar-refractivity contribution is 6.30. The van der Waals surface area contributed by atoms with E-state index in [1.54, 1.807) is 42.6 Å². The third-order valence-electron chi connectivity index (χ3n) is 3.98. The molecule has 0 atom stereocenters. The highest BCUT2D eigenvalue weighted by Crippen LogP contribution is 2.25. The monoisotopic (exact) mass is 330 g/mol. The van der Waals surface area contributed by atoms with Crippen molar-refractivity contribution < 1.29 is 9.53 Å². The lowest BCUT2D eigenvalue weighted by atomic mass is 9.95. The molecule has 1 N–H and O–H groups in total. The van der Waals surface area contributed by atoms with Crippen LogP contribution >= 0.6 is 11.6 Å². The first-order chi connectivity index (χ1) is 11.2. The lowest BCUT2D eigenvalue weighted by Crippen LogP contribution is -2.36. The Bertz CT molecular complexity index is 667. The summed E-state index contributed by atoms with van der Waals surface area (Å²) in [5.41, 5.74) is 0.452. The predicted octanol–water partition coefficient (Wildman–Crippen LogP) is 4.59. The van der Waals surface area contributed by atoms with Crippen molar-refractivity contribution >= 4 is 17.5 Å². The third kappa shape index (κ3) is 4.23. The molecular formula is C18H19ClN2O2. The summed E-state index contributed by atoms with van der Waals surface area (Å²) in [5, 5.41) is 3.72. The van der Waals surface area contributed by atoms with E-state index in [9.17, 15) is 4.79 Å². The number of aromatic nitrogens is 1. The Labute approximate surface area is 140 Å². The van der Waals surface area contributed by atoms with Gasteiger partial charge >= 0.3 is 0 Å². The van der Waals surface area contributed by atoms with Crippen LogP contribution in [0, 0.1) is 0 Å². The van der Waals surface area contributed by atoms with E-state index in [1.807, 2.05) is 0 Å². The molecule has 120 valence electrons. The highest BCUT2D eigenvalue weighted by atomic mass is 35.5. The SMILES string of the molecule is O=C(NC1CCCCC1)c1cccnc1Oc1ccc(Cl)cc1. The molecule has 1 aromatic carbocycles. The zero-order chi connectivity index (χ0) is 16.1. The summed E-state index contributed by atoms with van der Waals surface area (Å²) in [6, 6.07) is 10.7. The number of hydrogen-bond acceptors (Lipinski definition) is 3. The molecule has 1 aliphatic carbocycles. The standard InChI is InChI=1S/C18H19ClN2O2/c19-13-8-10-15(11-9-13)23-18-16(7-4-12-20-18)17(22)21-14-5-2-1-3-6-14/h4,7-12,14H,1-3,5-6H2,(H,21,22). The van der Waals surface area contributed by atoms with Crippen molar-refractivity contribution in [2.24, 2.45) is 0 Å². The molecule has 0 saturated heterocycles.